The third-order valence-corrected chi connectivity index (χ3v) is 5.84. The average molecular weight is 376 g/mol. The number of thiophene rings is 1. The van der Waals surface area contributed by atoms with Crippen molar-refractivity contribution < 1.29 is 4.79 Å². The second-order valence-corrected chi connectivity index (χ2v) is 7.50. The minimum atomic E-state index is -0.138. The summed E-state index contributed by atoms with van der Waals surface area (Å²) in [5.41, 5.74) is 0.635. The van der Waals surface area contributed by atoms with E-state index >= 15 is 0 Å². The lowest BCUT2D eigenvalue weighted by atomic mass is 10.1. The fraction of sp³-hybridized carbons (Fsp3) is 0.286. The molecule has 0 bridgehead atoms. The first-order chi connectivity index (χ1) is 13.2. The molecule has 3 aromatic rings. The number of Topliss-reactive ketones (excluding diaryl/α,β-unsaturated/α-hetero) is 1. The van der Waals surface area contributed by atoms with Crippen molar-refractivity contribution >= 4 is 33.2 Å². The molecule has 5 nitrogen and oxygen atoms in total. The monoisotopic (exact) mass is 376 g/mol. The Morgan fingerprint density at radius 2 is 1.93 bits per heavy atom. The van der Waals surface area contributed by atoms with E-state index in [0.29, 0.717) is 5.56 Å². The molecular weight excluding hydrogens is 356 g/mol. The van der Waals surface area contributed by atoms with Crippen molar-refractivity contribution in [3.63, 3.8) is 0 Å². The molecule has 3 heterocycles. The normalized spacial score (nSPS) is 14.1. The summed E-state index contributed by atoms with van der Waals surface area (Å²) in [4.78, 5) is 27.7. The van der Waals surface area contributed by atoms with Gasteiger partial charge in [-0.05, 0) is 18.4 Å². The maximum absolute atomic E-state index is 12.1. The van der Waals surface area contributed by atoms with E-state index in [-0.39, 0.29) is 5.78 Å². The fourth-order valence-electron chi connectivity index (χ4n) is 3.14. The van der Waals surface area contributed by atoms with Crippen molar-refractivity contribution in [2.45, 2.75) is 13.3 Å². The maximum atomic E-state index is 12.1. The Hall–Kier alpha value is -2.91. The topological polar surface area (TPSA) is 49.3 Å². The van der Waals surface area contributed by atoms with Crippen LogP contribution in [0.3, 0.4) is 0 Å². The van der Waals surface area contributed by atoms with E-state index in [1.165, 1.54) is 4.88 Å². The Kier molecular flexibility index (Phi) is 5.03. The summed E-state index contributed by atoms with van der Waals surface area (Å²) in [6.45, 7) is 5.39. The summed E-state index contributed by atoms with van der Waals surface area (Å²) < 4.78 is 0. The van der Waals surface area contributed by atoms with Crippen LogP contribution < -0.4 is 4.90 Å². The van der Waals surface area contributed by atoms with Crippen LogP contribution in [0.25, 0.3) is 10.2 Å². The van der Waals surface area contributed by atoms with E-state index in [4.69, 9.17) is 0 Å². The van der Waals surface area contributed by atoms with Crippen molar-refractivity contribution in [1.29, 1.82) is 0 Å². The number of piperazine rings is 1. The molecule has 1 aliphatic heterocycles. The van der Waals surface area contributed by atoms with E-state index < -0.39 is 0 Å². The second kappa shape index (κ2) is 7.77. The van der Waals surface area contributed by atoms with Crippen LogP contribution in [0.2, 0.25) is 0 Å². The highest BCUT2D eigenvalue weighted by molar-refractivity contribution is 7.18. The number of nitrogens with zero attached hydrogens (tertiary/aromatic N) is 4. The van der Waals surface area contributed by atoms with Crippen LogP contribution >= 0.6 is 11.3 Å². The Morgan fingerprint density at radius 1 is 1.15 bits per heavy atom. The minimum absolute atomic E-state index is 0.138. The van der Waals surface area contributed by atoms with Gasteiger partial charge in [0.1, 0.15) is 17.0 Å². The number of hydrogen-bond donors (Lipinski definition) is 0. The zero-order valence-electron chi connectivity index (χ0n) is 15.2. The van der Waals surface area contributed by atoms with Crippen LogP contribution in [0.15, 0.2) is 42.7 Å². The standard InChI is InChI=1S/C21H20N4OS/c1-2-17-14-18-20(22-15-23-21(18)27-17)25-12-10-24(11-13-25)9-8-19(26)16-6-4-3-5-7-16/h3-7,14-15H,2,10-13H2,1H3. The number of carbonyl (C=O) groups is 1. The number of benzene rings is 1. The first-order valence-electron chi connectivity index (χ1n) is 9.09. The maximum Gasteiger partial charge on any atom is 0.237 e. The molecular formula is C21H20N4OS. The summed E-state index contributed by atoms with van der Waals surface area (Å²) in [5, 5.41) is 1.14. The van der Waals surface area contributed by atoms with Gasteiger partial charge in [0.2, 0.25) is 5.78 Å². The van der Waals surface area contributed by atoms with Gasteiger partial charge in [0.05, 0.1) is 5.39 Å². The van der Waals surface area contributed by atoms with Crippen LogP contribution in [0, 0.1) is 12.0 Å². The lowest BCUT2D eigenvalue weighted by Gasteiger charge is -2.33. The number of aromatic nitrogens is 2. The van der Waals surface area contributed by atoms with E-state index in [2.05, 4.69) is 39.8 Å². The molecule has 0 spiro atoms. The number of hydrogen-bond acceptors (Lipinski definition) is 6. The molecule has 1 fully saturated rings. The smallest absolute Gasteiger partial charge is 0.237 e. The molecule has 27 heavy (non-hydrogen) atoms. The van der Waals surface area contributed by atoms with Gasteiger partial charge in [-0.25, -0.2) is 9.97 Å². The molecule has 1 aliphatic rings. The van der Waals surface area contributed by atoms with Gasteiger partial charge in [0.25, 0.3) is 0 Å². The van der Waals surface area contributed by atoms with Gasteiger partial charge in [0, 0.05) is 42.7 Å². The van der Waals surface area contributed by atoms with Gasteiger partial charge >= 0.3 is 0 Å². The van der Waals surface area contributed by atoms with Gasteiger partial charge < -0.3 is 9.80 Å². The molecule has 0 amide bonds. The summed E-state index contributed by atoms with van der Waals surface area (Å²) >= 11 is 1.74. The van der Waals surface area contributed by atoms with E-state index in [1.807, 2.05) is 23.1 Å². The minimum Gasteiger partial charge on any atom is -0.352 e. The Labute approximate surface area is 162 Å². The van der Waals surface area contributed by atoms with Gasteiger partial charge in [-0.3, -0.25) is 4.79 Å². The quantitative estimate of drug-likeness (QED) is 0.519. The van der Waals surface area contributed by atoms with Gasteiger partial charge in [-0.1, -0.05) is 37.3 Å². The summed E-state index contributed by atoms with van der Waals surface area (Å²) in [7, 11) is 0. The highest BCUT2D eigenvalue weighted by Crippen LogP contribution is 2.30. The summed E-state index contributed by atoms with van der Waals surface area (Å²) in [6.07, 6.45) is 2.66. The van der Waals surface area contributed by atoms with Crippen molar-refractivity contribution in [3.8, 4) is 12.0 Å². The summed E-state index contributed by atoms with van der Waals surface area (Å²) in [5.74, 6) is 3.62. The highest BCUT2D eigenvalue weighted by Gasteiger charge is 2.19. The SMILES string of the molecule is CCc1cc2c(N3CCN(C#CC(=O)c4ccccc4)CC3)ncnc2s1. The largest absolute Gasteiger partial charge is 0.352 e. The third-order valence-electron chi connectivity index (χ3n) is 4.65. The zero-order chi connectivity index (χ0) is 18.6. The second-order valence-electron chi connectivity index (χ2n) is 6.39. The van der Waals surface area contributed by atoms with Crippen LogP contribution in [0.1, 0.15) is 22.2 Å². The Morgan fingerprint density at radius 3 is 2.67 bits per heavy atom. The Balaban J connectivity index is 1.43. The predicted octanol–water partition coefficient (Wildman–Crippen LogP) is 3.22. The van der Waals surface area contributed by atoms with Crippen LogP contribution in [-0.2, 0) is 6.42 Å². The first-order valence-corrected chi connectivity index (χ1v) is 9.90. The average Bonchev–Trinajstić information content (AvgIpc) is 3.16. The lowest BCUT2D eigenvalue weighted by molar-refractivity contribution is 0.105. The van der Waals surface area contributed by atoms with Gasteiger partial charge in [-0.2, -0.15) is 0 Å². The van der Waals surface area contributed by atoms with E-state index in [1.54, 1.807) is 29.8 Å². The van der Waals surface area contributed by atoms with Crippen molar-refractivity contribution in [2.24, 2.45) is 0 Å². The van der Waals surface area contributed by atoms with Gasteiger partial charge in [-0.15, -0.1) is 11.3 Å². The number of ketones is 1. The predicted molar refractivity (Wildman–Crippen MR) is 109 cm³/mol. The molecule has 0 N–H and O–H groups in total. The number of rotatable bonds is 3. The number of aryl methyl sites for hydroxylation is 1. The fourth-order valence-corrected chi connectivity index (χ4v) is 4.07. The zero-order valence-corrected chi connectivity index (χ0v) is 16.0. The molecule has 0 radical (unpaired) electrons. The van der Waals surface area contributed by atoms with E-state index in [9.17, 15) is 4.79 Å². The molecule has 4 rings (SSSR count). The molecule has 1 aromatic carbocycles. The molecule has 0 saturated carbocycles. The molecule has 136 valence electrons. The van der Waals surface area contributed by atoms with Crippen LogP contribution in [0.5, 0.6) is 0 Å². The van der Waals surface area contributed by atoms with Crippen molar-refractivity contribution in [3.05, 3.63) is 53.2 Å². The number of carbonyl (C=O) groups excluding carboxylic acids is 1. The highest BCUT2D eigenvalue weighted by atomic mass is 32.1. The van der Waals surface area contributed by atoms with Crippen molar-refractivity contribution in [2.75, 3.05) is 31.1 Å². The van der Waals surface area contributed by atoms with Crippen LogP contribution in [-0.4, -0.2) is 46.8 Å². The molecule has 0 unspecified atom stereocenters. The number of anilines is 1. The number of fused-ring (bicyclic) bond motifs is 1. The molecule has 6 heteroatoms. The van der Waals surface area contributed by atoms with E-state index in [0.717, 1.165) is 48.6 Å². The molecule has 0 atom stereocenters. The van der Waals surface area contributed by atoms with Gasteiger partial charge in [0.15, 0.2) is 0 Å². The Bertz CT molecular complexity index is 1010. The molecule has 2 aromatic heterocycles. The summed E-state index contributed by atoms with van der Waals surface area (Å²) in [6, 6.07) is 14.4. The molecule has 0 aliphatic carbocycles. The first kappa shape index (κ1) is 17.5. The lowest BCUT2D eigenvalue weighted by Crippen LogP contribution is -2.44. The van der Waals surface area contributed by atoms with Crippen LogP contribution in [0.4, 0.5) is 5.82 Å². The molecule has 1 saturated heterocycles. The third kappa shape index (κ3) is 3.79. The van der Waals surface area contributed by atoms with Crippen molar-refractivity contribution in [1.82, 2.24) is 14.9 Å².